The molecule has 3 aromatic carbocycles. The summed E-state index contributed by atoms with van der Waals surface area (Å²) in [7, 11) is 0. The zero-order chi connectivity index (χ0) is 24.9. The number of nitrogens with zero attached hydrogens (tertiary/aromatic N) is 2. The Labute approximate surface area is 213 Å². The highest BCUT2D eigenvalue weighted by atomic mass is 19.1. The van der Waals surface area contributed by atoms with Gasteiger partial charge in [0.1, 0.15) is 17.7 Å². The van der Waals surface area contributed by atoms with Crippen molar-refractivity contribution in [2.24, 2.45) is 0 Å². The van der Waals surface area contributed by atoms with Gasteiger partial charge in [0.05, 0.1) is 0 Å². The molecule has 5 nitrogen and oxygen atoms in total. The molecule has 2 heterocycles. The highest BCUT2D eigenvalue weighted by Gasteiger charge is 2.21. The summed E-state index contributed by atoms with van der Waals surface area (Å²) in [6.45, 7) is 10.5. The maximum Gasteiger partial charge on any atom is 0.231 e. The summed E-state index contributed by atoms with van der Waals surface area (Å²) < 4.78 is 31.4. The van der Waals surface area contributed by atoms with E-state index in [1.54, 1.807) is 12.1 Å². The average Bonchev–Trinajstić information content (AvgIpc) is 3.35. The lowest BCUT2D eigenvalue weighted by Crippen LogP contribution is -2.46. The van der Waals surface area contributed by atoms with Gasteiger partial charge in [-0.2, -0.15) is 0 Å². The van der Waals surface area contributed by atoms with Gasteiger partial charge in [0.2, 0.25) is 6.79 Å². The van der Waals surface area contributed by atoms with Crippen LogP contribution in [0.5, 0.6) is 17.2 Å². The van der Waals surface area contributed by atoms with Crippen LogP contribution in [-0.2, 0) is 6.54 Å². The maximum atomic E-state index is 14.0. The predicted molar refractivity (Wildman–Crippen MR) is 139 cm³/mol. The molecule has 190 valence electrons. The molecule has 6 heteroatoms. The Bertz CT molecular complexity index is 1160. The van der Waals surface area contributed by atoms with E-state index in [1.165, 1.54) is 17.2 Å². The van der Waals surface area contributed by atoms with Crippen LogP contribution < -0.4 is 14.2 Å². The van der Waals surface area contributed by atoms with E-state index in [4.69, 9.17) is 14.2 Å². The van der Waals surface area contributed by atoms with Gasteiger partial charge >= 0.3 is 0 Å². The Morgan fingerprint density at radius 2 is 1.58 bits per heavy atom. The molecule has 3 aromatic rings. The highest BCUT2D eigenvalue weighted by molar-refractivity contribution is 5.44. The third-order valence-electron chi connectivity index (χ3n) is 7.04. The number of fused-ring (bicyclic) bond motifs is 1. The normalized spacial score (nSPS) is 16.9. The van der Waals surface area contributed by atoms with Crippen LogP contribution >= 0.6 is 0 Å². The molecule has 2 aliphatic heterocycles. The summed E-state index contributed by atoms with van der Waals surface area (Å²) in [5.74, 6) is 2.70. The Balaban J connectivity index is 1.17. The zero-order valence-corrected chi connectivity index (χ0v) is 21.2. The van der Waals surface area contributed by atoms with Gasteiger partial charge in [0.25, 0.3) is 0 Å². The van der Waals surface area contributed by atoms with Crippen molar-refractivity contribution in [1.29, 1.82) is 0 Å². The van der Waals surface area contributed by atoms with Gasteiger partial charge in [0, 0.05) is 45.7 Å². The van der Waals surface area contributed by atoms with E-state index in [-0.39, 0.29) is 11.9 Å². The lowest BCUT2D eigenvalue weighted by molar-refractivity contribution is 0.106. The van der Waals surface area contributed by atoms with Crippen molar-refractivity contribution in [2.45, 2.75) is 38.8 Å². The fraction of sp³-hybridized carbons (Fsp3) is 0.400. The Hall–Kier alpha value is -3.09. The standard InChI is InChI=1S/C30H35FN2O3/c1-22(2)24-5-4-8-27(19-24)36-28(25-6-3-7-26(31)18-25)11-12-32-13-15-33(16-14-32)20-23-9-10-29-30(17-23)35-21-34-29/h3-10,17-19,22,28H,11-16,20-21H2,1-2H3/t28-/m0/s1. The summed E-state index contributed by atoms with van der Waals surface area (Å²) in [6, 6.07) is 21.3. The lowest BCUT2D eigenvalue weighted by atomic mass is 10.0. The molecule has 5 rings (SSSR count). The molecule has 0 amide bonds. The Morgan fingerprint density at radius 1 is 0.833 bits per heavy atom. The number of rotatable bonds is 9. The summed E-state index contributed by atoms with van der Waals surface area (Å²) in [6.07, 6.45) is 0.604. The molecule has 2 aliphatic rings. The summed E-state index contributed by atoms with van der Waals surface area (Å²) in [4.78, 5) is 4.96. The molecule has 0 aliphatic carbocycles. The van der Waals surface area contributed by atoms with E-state index >= 15 is 0 Å². The number of halogens is 1. The van der Waals surface area contributed by atoms with Gasteiger partial charge in [0.15, 0.2) is 11.5 Å². The second-order valence-corrected chi connectivity index (χ2v) is 9.98. The first-order valence-electron chi connectivity index (χ1n) is 12.9. The van der Waals surface area contributed by atoms with Crippen LogP contribution in [-0.4, -0.2) is 49.3 Å². The van der Waals surface area contributed by atoms with Crippen molar-refractivity contribution in [3.8, 4) is 17.2 Å². The van der Waals surface area contributed by atoms with Crippen LogP contribution in [0.2, 0.25) is 0 Å². The minimum atomic E-state index is -0.228. The molecule has 0 N–H and O–H groups in total. The maximum absolute atomic E-state index is 14.0. The molecule has 0 aromatic heterocycles. The summed E-state index contributed by atoms with van der Waals surface area (Å²) in [5, 5.41) is 0. The molecule has 0 saturated carbocycles. The molecule has 0 spiro atoms. The van der Waals surface area contributed by atoms with Crippen molar-refractivity contribution in [1.82, 2.24) is 9.80 Å². The first-order chi connectivity index (χ1) is 17.5. The van der Waals surface area contributed by atoms with Crippen LogP contribution in [0.4, 0.5) is 4.39 Å². The average molecular weight is 491 g/mol. The monoisotopic (exact) mass is 490 g/mol. The van der Waals surface area contributed by atoms with Crippen molar-refractivity contribution < 1.29 is 18.6 Å². The SMILES string of the molecule is CC(C)c1cccc(O[C@@H](CCN2CCN(Cc3ccc4c(c3)OCO4)CC2)c2cccc(F)c2)c1. The number of piperazine rings is 1. The van der Waals surface area contributed by atoms with Crippen LogP contribution in [0.25, 0.3) is 0 Å². The molecular formula is C30H35FN2O3. The van der Waals surface area contributed by atoms with Crippen LogP contribution in [0.15, 0.2) is 66.7 Å². The minimum absolute atomic E-state index is 0.199. The van der Waals surface area contributed by atoms with E-state index in [1.807, 2.05) is 24.3 Å². The van der Waals surface area contributed by atoms with Crippen molar-refractivity contribution in [3.05, 3.63) is 89.2 Å². The smallest absolute Gasteiger partial charge is 0.231 e. The van der Waals surface area contributed by atoms with E-state index in [0.717, 1.165) is 68.5 Å². The quantitative estimate of drug-likeness (QED) is 0.367. The molecule has 0 unspecified atom stereocenters. The Morgan fingerprint density at radius 3 is 2.39 bits per heavy atom. The van der Waals surface area contributed by atoms with Gasteiger partial charge in [-0.15, -0.1) is 0 Å². The number of hydrogen-bond donors (Lipinski definition) is 0. The molecule has 36 heavy (non-hydrogen) atoms. The zero-order valence-electron chi connectivity index (χ0n) is 21.2. The second-order valence-electron chi connectivity index (χ2n) is 9.98. The highest BCUT2D eigenvalue weighted by Crippen LogP contribution is 2.33. The Kier molecular flexibility index (Phi) is 7.73. The third kappa shape index (κ3) is 6.18. The molecule has 0 radical (unpaired) electrons. The largest absolute Gasteiger partial charge is 0.486 e. The molecule has 1 saturated heterocycles. The van der Waals surface area contributed by atoms with Gasteiger partial charge < -0.3 is 19.1 Å². The first kappa shape index (κ1) is 24.6. The van der Waals surface area contributed by atoms with Crippen molar-refractivity contribution >= 4 is 0 Å². The summed E-state index contributed by atoms with van der Waals surface area (Å²) in [5.41, 5.74) is 3.37. The number of ether oxygens (including phenoxy) is 3. The predicted octanol–water partition coefficient (Wildman–Crippen LogP) is 6.01. The molecule has 1 atom stereocenters. The van der Waals surface area contributed by atoms with Crippen molar-refractivity contribution in [2.75, 3.05) is 39.5 Å². The third-order valence-corrected chi connectivity index (χ3v) is 7.04. The fourth-order valence-corrected chi connectivity index (χ4v) is 4.88. The van der Waals surface area contributed by atoms with E-state index in [9.17, 15) is 4.39 Å². The number of hydrogen-bond acceptors (Lipinski definition) is 5. The molecule has 0 bridgehead atoms. The van der Waals surface area contributed by atoms with Crippen LogP contribution in [0, 0.1) is 5.82 Å². The van der Waals surface area contributed by atoms with E-state index < -0.39 is 0 Å². The number of benzene rings is 3. The topological polar surface area (TPSA) is 34.2 Å². The van der Waals surface area contributed by atoms with E-state index in [2.05, 4.69) is 47.9 Å². The van der Waals surface area contributed by atoms with Gasteiger partial charge in [-0.1, -0.05) is 44.2 Å². The minimum Gasteiger partial charge on any atom is -0.486 e. The van der Waals surface area contributed by atoms with Gasteiger partial charge in [-0.3, -0.25) is 4.90 Å². The fourth-order valence-electron chi connectivity index (χ4n) is 4.88. The lowest BCUT2D eigenvalue weighted by Gasteiger charge is -2.35. The summed E-state index contributed by atoms with van der Waals surface area (Å²) >= 11 is 0. The molecule has 1 fully saturated rings. The second kappa shape index (κ2) is 11.3. The van der Waals surface area contributed by atoms with Crippen molar-refractivity contribution in [3.63, 3.8) is 0 Å². The van der Waals surface area contributed by atoms with Crippen LogP contribution in [0.3, 0.4) is 0 Å². The molecular weight excluding hydrogens is 455 g/mol. The van der Waals surface area contributed by atoms with Gasteiger partial charge in [-0.25, -0.2) is 4.39 Å². The van der Waals surface area contributed by atoms with Crippen LogP contribution in [0.1, 0.15) is 49.0 Å². The van der Waals surface area contributed by atoms with E-state index in [0.29, 0.717) is 12.7 Å². The first-order valence-corrected chi connectivity index (χ1v) is 12.9. The van der Waals surface area contributed by atoms with Gasteiger partial charge in [-0.05, 0) is 59.0 Å².